The van der Waals surface area contributed by atoms with Gasteiger partial charge >= 0.3 is 0 Å². The average Bonchev–Trinajstić information content (AvgIpc) is 2.87. The van der Waals surface area contributed by atoms with Gasteiger partial charge in [-0.25, -0.2) is 0 Å². The van der Waals surface area contributed by atoms with E-state index in [1.807, 2.05) is 24.3 Å². The second-order valence-corrected chi connectivity index (χ2v) is 5.15. The van der Waals surface area contributed by atoms with Gasteiger partial charge in [-0.15, -0.1) is 0 Å². The van der Waals surface area contributed by atoms with Crippen molar-refractivity contribution in [2.75, 3.05) is 11.5 Å². The van der Waals surface area contributed by atoms with E-state index >= 15 is 0 Å². The van der Waals surface area contributed by atoms with Crippen LogP contribution in [0.1, 0.15) is 0 Å². The van der Waals surface area contributed by atoms with Crippen molar-refractivity contribution in [1.29, 1.82) is 0 Å². The first-order chi connectivity index (χ1) is 9.63. The fourth-order valence-corrected chi connectivity index (χ4v) is 2.35. The lowest BCUT2D eigenvalue weighted by Crippen LogP contribution is -1.91. The van der Waals surface area contributed by atoms with Crippen molar-refractivity contribution in [3.8, 4) is 22.8 Å². The highest BCUT2D eigenvalue weighted by Crippen LogP contribution is 2.29. The Morgan fingerprint density at radius 2 is 1.70 bits per heavy atom. The van der Waals surface area contributed by atoms with Gasteiger partial charge in [-0.05, 0) is 30.3 Å². The molecule has 0 radical (unpaired) electrons. The normalized spacial score (nSPS) is 10.7. The molecule has 0 spiro atoms. The van der Waals surface area contributed by atoms with Crippen molar-refractivity contribution in [3.63, 3.8) is 0 Å². The van der Waals surface area contributed by atoms with Gasteiger partial charge in [-0.3, -0.25) is 0 Å². The highest BCUT2D eigenvalue weighted by molar-refractivity contribution is 9.10. The SMILES string of the molecule is Nc1cc(N)cc(-c2nc(-c3ccccc3Br)no2)c1. The summed E-state index contributed by atoms with van der Waals surface area (Å²) in [7, 11) is 0. The Labute approximate surface area is 123 Å². The van der Waals surface area contributed by atoms with E-state index in [4.69, 9.17) is 16.0 Å². The zero-order chi connectivity index (χ0) is 14.1. The van der Waals surface area contributed by atoms with Gasteiger partial charge in [0.1, 0.15) is 0 Å². The highest BCUT2D eigenvalue weighted by Gasteiger charge is 2.13. The minimum Gasteiger partial charge on any atom is -0.399 e. The number of rotatable bonds is 2. The van der Waals surface area contributed by atoms with Crippen LogP contribution < -0.4 is 11.5 Å². The lowest BCUT2D eigenvalue weighted by molar-refractivity contribution is 0.432. The van der Waals surface area contributed by atoms with Gasteiger partial charge < -0.3 is 16.0 Å². The van der Waals surface area contributed by atoms with Crippen molar-refractivity contribution in [1.82, 2.24) is 10.1 Å². The largest absolute Gasteiger partial charge is 0.399 e. The van der Waals surface area contributed by atoms with E-state index in [1.165, 1.54) is 0 Å². The van der Waals surface area contributed by atoms with Crippen LogP contribution in [0.2, 0.25) is 0 Å². The van der Waals surface area contributed by atoms with Gasteiger partial charge in [0.25, 0.3) is 5.89 Å². The molecule has 0 fully saturated rings. The number of hydrogen-bond donors (Lipinski definition) is 2. The highest BCUT2D eigenvalue weighted by atomic mass is 79.9. The molecule has 1 aromatic heterocycles. The zero-order valence-electron chi connectivity index (χ0n) is 10.4. The number of halogens is 1. The standard InChI is InChI=1S/C14H11BrN4O/c15-12-4-2-1-3-11(12)13-18-14(20-19-13)8-5-9(16)7-10(17)6-8/h1-7H,16-17H2. The molecule has 100 valence electrons. The smallest absolute Gasteiger partial charge is 0.258 e. The van der Waals surface area contributed by atoms with Crippen LogP contribution in [-0.2, 0) is 0 Å². The molecule has 6 heteroatoms. The van der Waals surface area contributed by atoms with Gasteiger partial charge in [0, 0.05) is 27.0 Å². The second-order valence-electron chi connectivity index (χ2n) is 4.29. The van der Waals surface area contributed by atoms with Gasteiger partial charge in [0.05, 0.1) is 0 Å². The first kappa shape index (κ1) is 12.7. The summed E-state index contributed by atoms with van der Waals surface area (Å²) in [4.78, 5) is 4.37. The van der Waals surface area contributed by atoms with E-state index < -0.39 is 0 Å². The minimum absolute atomic E-state index is 0.384. The minimum atomic E-state index is 0.384. The number of nitrogens with zero attached hydrogens (tertiary/aromatic N) is 2. The Balaban J connectivity index is 2.04. The number of nitrogen functional groups attached to an aromatic ring is 2. The average molecular weight is 331 g/mol. The summed E-state index contributed by atoms with van der Waals surface area (Å²) >= 11 is 3.46. The molecule has 0 aliphatic carbocycles. The second kappa shape index (κ2) is 4.97. The summed E-state index contributed by atoms with van der Waals surface area (Å²) in [6, 6.07) is 12.8. The fourth-order valence-electron chi connectivity index (χ4n) is 1.89. The molecule has 4 N–H and O–H groups in total. The predicted molar refractivity (Wildman–Crippen MR) is 81.7 cm³/mol. The molecule has 0 unspecified atom stereocenters. The van der Waals surface area contributed by atoms with Crippen LogP contribution in [0.25, 0.3) is 22.8 Å². The van der Waals surface area contributed by atoms with Crippen LogP contribution in [0.15, 0.2) is 51.5 Å². The fraction of sp³-hybridized carbons (Fsp3) is 0. The molecule has 0 saturated heterocycles. The quantitative estimate of drug-likeness (QED) is 0.703. The lowest BCUT2D eigenvalue weighted by Gasteiger charge is -1.99. The third kappa shape index (κ3) is 2.37. The van der Waals surface area contributed by atoms with E-state index in [1.54, 1.807) is 18.2 Å². The molecule has 1 heterocycles. The molecule has 3 aromatic rings. The topological polar surface area (TPSA) is 91.0 Å². The molecule has 0 bridgehead atoms. The van der Waals surface area contributed by atoms with E-state index in [9.17, 15) is 0 Å². The van der Waals surface area contributed by atoms with Crippen LogP contribution >= 0.6 is 15.9 Å². The maximum Gasteiger partial charge on any atom is 0.258 e. The summed E-state index contributed by atoms with van der Waals surface area (Å²) < 4.78 is 6.18. The molecule has 20 heavy (non-hydrogen) atoms. The predicted octanol–water partition coefficient (Wildman–Crippen LogP) is 3.33. The number of benzene rings is 2. The molecular weight excluding hydrogens is 320 g/mol. The number of hydrogen-bond acceptors (Lipinski definition) is 5. The van der Waals surface area contributed by atoms with Gasteiger partial charge in [-0.2, -0.15) is 4.98 Å². The molecule has 0 atom stereocenters. The van der Waals surface area contributed by atoms with Gasteiger partial charge in [-0.1, -0.05) is 33.2 Å². The molecular formula is C14H11BrN4O. The third-order valence-electron chi connectivity index (χ3n) is 2.77. The number of aromatic nitrogens is 2. The summed E-state index contributed by atoms with van der Waals surface area (Å²) in [6.07, 6.45) is 0. The summed E-state index contributed by atoms with van der Waals surface area (Å²) in [5, 5.41) is 3.99. The Morgan fingerprint density at radius 1 is 1.00 bits per heavy atom. The lowest BCUT2D eigenvalue weighted by atomic mass is 10.1. The molecule has 0 saturated carbocycles. The van der Waals surface area contributed by atoms with E-state index in [2.05, 4.69) is 26.1 Å². The monoisotopic (exact) mass is 330 g/mol. The first-order valence-corrected chi connectivity index (χ1v) is 6.68. The Morgan fingerprint density at radius 3 is 2.40 bits per heavy atom. The molecule has 3 rings (SSSR count). The molecule has 0 aliphatic heterocycles. The molecule has 0 amide bonds. The molecule has 2 aromatic carbocycles. The van der Waals surface area contributed by atoms with Gasteiger partial charge in [0.2, 0.25) is 5.82 Å². The van der Waals surface area contributed by atoms with E-state index in [0.29, 0.717) is 28.7 Å². The Kier molecular flexibility index (Phi) is 3.15. The summed E-state index contributed by atoms with van der Waals surface area (Å²) in [5.41, 5.74) is 14.2. The van der Waals surface area contributed by atoms with Crippen LogP contribution in [0.4, 0.5) is 11.4 Å². The summed E-state index contributed by atoms with van der Waals surface area (Å²) in [6.45, 7) is 0. The van der Waals surface area contributed by atoms with Crippen LogP contribution in [0, 0.1) is 0 Å². The third-order valence-corrected chi connectivity index (χ3v) is 3.46. The van der Waals surface area contributed by atoms with Gasteiger partial charge in [0.15, 0.2) is 0 Å². The van der Waals surface area contributed by atoms with Crippen molar-refractivity contribution >= 4 is 27.3 Å². The zero-order valence-corrected chi connectivity index (χ0v) is 12.0. The van der Waals surface area contributed by atoms with Crippen molar-refractivity contribution < 1.29 is 4.52 Å². The first-order valence-electron chi connectivity index (χ1n) is 5.88. The number of nitrogens with two attached hydrogens (primary N) is 2. The molecule has 0 aliphatic rings. The maximum atomic E-state index is 5.76. The molecule has 5 nitrogen and oxygen atoms in total. The van der Waals surface area contributed by atoms with Crippen molar-refractivity contribution in [2.24, 2.45) is 0 Å². The van der Waals surface area contributed by atoms with Crippen LogP contribution in [0.5, 0.6) is 0 Å². The van der Waals surface area contributed by atoms with Crippen molar-refractivity contribution in [3.05, 3.63) is 46.9 Å². The van der Waals surface area contributed by atoms with E-state index in [-0.39, 0.29) is 0 Å². The summed E-state index contributed by atoms with van der Waals surface area (Å²) in [5.74, 6) is 0.892. The Bertz CT molecular complexity index is 749. The Hall–Kier alpha value is -2.34. The van der Waals surface area contributed by atoms with E-state index in [0.717, 1.165) is 10.0 Å². The maximum absolute atomic E-state index is 5.76. The van der Waals surface area contributed by atoms with Crippen LogP contribution in [-0.4, -0.2) is 10.1 Å². The van der Waals surface area contributed by atoms with Crippen molar-refractivity contribution in [2.45, 2.75) is 0 Å². The van der Waals surface area contributed by atoms with Crippen LogP contribution in [0.3, 0.4) is 0 Å². The number of anilines is 2.